The highest BCUT2D eigenvalue weighted by atomic mass is 19.1. The molecule has 1 aromatic rings. The van der Waals surface area contributed by atoms with Crippen LogP contribution in [-0.2, 0) is 4.79 Å². The first-order valence-electron chi connectivity index (χ1n) is 7.56. The van der Waals surface area contributed by atoms with Gasteiger partial charge in [-0.3, -0.25) is 4.79 Å². The molecule has 2 N–H and O–H groups in total. The van der Waals surface area contributed by atoms with Crippen LogP contribution in [0.4, 0.5) is 14.5 Å². The number of hydrogen-bond acceptors (Lipinski definition) is 2. The van der Waals surface area contributed by atoms with Gasteiger partial charge in [0.05, 0.1) is 6.54 Å². The second-order valence-electron chi connectivity index (χ2n) is 5.66. The molecule has 2 rings (SSSR count). The number of benzene rings is 1. The predicted octanol–water partition coefficient (Wildman–Crippen LogP) is 3.52. The Balaban J connectivity index is 1.88. The number of carbonyl (C=O) groups is 1. The SMILES string of the molecule is Cc1ccc(F)c(NCC(=O)NC2CCCCCC2)c1F. The Labute approximate surface area is 124 Å². The highest BCUT2D eigenvalue weighted by molar-refractivity contribution is 5.81. The van der Waals surface area contributed by atoms with Gasteiger partial charge >= 0.3 is 0 Å². The van der Waals surface area contributed by atoms with E-state index in [0.717, 1.165) is 25.7 Å². The van der Waals surface area contributed by atoms with Crippen LogP contribution in [0.3, 0.4) is 0 Å². The van der Waals surface area contributed by atoms with Crippen LogP contribution in [0.5, 0.6) is 0 Å². The van der Waals surface area contributed by atoms with E-state index in [1.54, 1.807) is 6.92 Å². The molecule has 3 nitrogen and oxygen atoms in total. The molecule has 0 atom stereocenters. The molecule has 21 heavy (non-hydrogen) atoms. The molecule has 0 unspecified atom stereocenters. The van der Waals surface area contributed by atoms with Crippen LogP contribution in [0.1, 0.15) is 44.1 Å². The molecular formula is C16H22F2N2O. The lowest BCUT2D eigenvalue weighted by Gasteiger charge is -2.17. The molecule has 0 bridgehead atoms. The van der Waals surface area contributed by atoms with E-state index in [4.69, 9.17) is 0 Å². The Morgan fingerprint density at radius 3 is 2.52 bits per heavy atom. The van der Waals surface area contributed by atoms with E-state index in [-0.39, 0.29) is 24.2 Å². The van der Waals surface area contributed by atoms with Crippen LogP contribution in [0.2, 0.25) is 0 Å². The van der Waals surface area contributed by atoms with Gasteiger partial charge in [0.25, 0.3) is 0 Å². The van der Waals surface area contributed by atoms with E-state index in [0.29, 0.717) is 5.56 Å². The monoisotopic (exact) mass is 296 g/mol. The number of aryl methyl sites for hydroxylation is 1. The van der Waals surface area contributed by atoms with E-state index in [2.05, 4.69) is 10.6 Å². The average Bonchev–Trinajstić information content (AvgIpc) is 2.72. The summed E-state index contributed by atoms with van der Waals surface area (Å²) in [7, 11) is 0. The number of rotatable bonds is 4. The summed E-state index contributed by atoms with van der Waals surface area (Å²) in [4.78, 5) is 11.9. The number of anilines is 1. The number of halogens is 2. The first-order valence-corrected chi connectivity index (χ1v) is 7.56. The van der Waals surface area contributed by atoms with Crippen LogP contribution in [0.25, 0.3) is 0 Å². The van der Waals surface area contributed by atoms with Gasteiger partial charge in [-0.15, -0.1) is 0 Å². The van der Waals surface area contributed by atoms with Crippen molar-refractivity contribution in [2.45, 2.75) is 51.5 Å². The Bertz CT molecular complexity index is 497. The summed E-state index contributed by atoms with van der Waals surface area (Å²) >= 11 is 0. The highest BCUT2D eigenvalue weighted by Gasteiger charge is 2.16. The fraction of sp³-hybridized carbons (Fsp3) is 0.562. The average molecular weight is 296 g/mol. The standard InChI is InChI=1S/C16H22F2N2O/c1-11-8-9-13(17)16(15(11)18)19-10-14(21)20-12-6-4-2-3-5-7-12/h8-9,12,19H,2-7,10H2,1H3,(H,20,21). The van der Waals surface area contributed by atoms with Gasteiger partial charge in [-0.25, -0.2) is 8.78 Å². The lowest BCUT2D eigenvalue weighted by molar-refractivity contribution is -0.120. The normalized spacial score (nSPS) is 16.3. The van der Waals surface area contributed by atoms with Crippen LogP contribution in [0, 0.1) is 18.6 Å². The van der Waals surface area contributed by atoms with Crippen molar-refractivity contribution in [3.05, 3.63) is 29.3 Å². The maximum Gasteiger partial charge on any atom is 0.239 e. The van der Waals surface area contributed by atoms with Gasteiger partial charge in [-0.1, -0.05) is 31.7 Å². The molecule has 1 aliphatic rings. The van der Waals surface area contributed by atoms with Crippen LogP contribution in [-0.4, -0.2) is 18.5 Å². The molecule has 1 fully saturated rings. The van der Waals surface area contributed by atoms with Crippen molar-refractivity contribution in [2.24, 2.45) is 0 Å². The lowest BCUT2D eigenvalue weighted by atomic mass is 10.1. The molecule has 0 aromatic heterocycles. The summed E-state index contributed by atoms with van der Waals surface area (Å²) in [5, 5.41) is 5.50. The molecule has 1 aromatic carbocycles. The van der Waals surface area contributed by atoms with Crippen LogP contribution < -0.4 is 10.6 Å². The van der Waals surface area contributed by atoms with Gasteiger partial charge < -0.3 is 10.6 Å². The molecule has 116 valence electrons. The van der Waals surface area contributed by atoms with Gasteiger partial charge in [0, 0.05) is 6.04 Å². The molecule has 0 saturated heterocycles. The van der Waals surface area contributed by atoms with Crippen molar-refractivity contribution in [2.75, 3.05) is 11.9 Å². The van der Waals surface area contributed by atoms with Gasteiger partial charge in [-0.05, 0) is 31.4 Å². The molecular weight excluding hydrogens is 274 g/mol. The second kappa shape index (κ2) is 7.38. The Morgan fingerprint density at radius 2 is 1.86 bits per heavy atom. The fourth-order valence-electron chi connectivity index (χ4n) is 2.69. The highest BCUT2D eigenvalue weighted by Crippen LogP contribution is 2.21. The van der Waals surface area contributed by atoms with Gasteiger partial charge in [-0.2, -0.15) is 0 Å². The van der Waals surface area contributed by atoms with Gasteiger partial charge in [0.1, 0.15) is 11.5 Å². The summed E-state index contributed by atoms with van der Waals surface area (Å²) in [6.45, 7) is 1.44. The zero-order chi connectivity index (χ0) is 15.2. The quantitative estimate of drug-likeness (QED) is 0.835. The number of hydrogen-bond donors (Lipinski definition) is 2. The molecule has 1 saturated carbocycles. The largest absolute Gasteiger partial charge is 0.371 e. The summed E-state index contributed by atoms with van der Waals surface area (Å²) in [6.07, 6.45) is 6.64. The molecule has 0 radical (unpaired) electrons. The molecule has 5 heteroatoms. The molecule has 1 aliphatic carbocycles. The summed E-state index contributed by atoms with van der Waals surface area (Å²) < 4.78 is 27.3. The van der Waals surface area contributed by atoms with Gasteiger partial charge in [0.2, 0.25) is 5.91 Å². The van der Waals surface area contributed by atoms with E-state index in [1.807, 2.05) is 0 Å². The third-order valence-corrected chi connectivity index (χ3v) is 3.93. The van der Waals surface area contributed by atoms with E-state index < -0.39 is 11.6 Å². The third-order valence-electron chi connectivity index (χ3n) is 3.93. The van der Waals surface area contributed by atoms with E-state index >= 15 is 0 Å². The maximum absolute atomic E-state index is 13.8. The van der Waals surface area contributed by atoms with Crippen molar-refractivity contribution in [3.63, 3.8) is 0 Å². The number of amides is 1. The van der Waals surface area contributed by atoms with Gasteiger partial charge in [0.15, 0.2) is 5.82 Å². The minimum Gasteiger partial charge on any atom is -0.371 e. The number of nitrogens with one attached hydrogen (secondary N) is 2. The Morgan fingerprint density at radius 1 is 1.19 bits per heavy atom. The van der Waals surface area contributed by atoms with Crippen LogP contribution >= 0.6 is 0 Å². The topological polar surface area (TPSA) is 41.1 Å². The Kier molecular flexibility index (Phi) is 5.53. The van der Waals surface area contributed by atoms with Crippen molar-refractivity contribution >= 4 is 11.6 Å². The predicted molar refractivity (Wildman–Crippen MR) is 79.2 cm³/mol. The fourth-order valence-corrected chi connectivity index (χ4v) is 2.69. The molecule has 1 amide bonds. The van der Waals surface area contributed by atoms with E-state index in [1.165, 1.54) is 25.0 Å². The lowest BCUT2D eigenvalue weighted by Crippen LogP contribution is -2.38. The first kappa shape index (κ1) is 15.7. The van der Waals surface area contributed by atoms with Crippen molar-refractivity contribution < 1.29 is 13.6 Å². The van der Waals surface area contributed by atoms with Crippen molar-refractivity contribution in [1.29, 1.82) is 0 Å². The molecule has 0 heterocycles. The molecule has 0 aliphatic heterocycles. The zero-order valence-corrected chi connectivity index (χ0v) is 12.3. The summed E-state index contributed by atoms with van der Waals surface area (Å²) in [6, 6.07) is 2.76. The smallest absolute Gasteiger partial charge is 0.239 e. The zero-order valence-electron chi connectivity index (χ0n) is 12.3. The van der Waals surface area contributed by atoms with E-state index in [9.17, 15) is 13.6 Å². The Hall–Kier alpha value is -1.65. The second-order valence-corrected chi connectivity index (χ2v) is 5.66. The minimum absolute atomic E-state index is 0.117. The number of carbonyl (C=O) groups excluding carboxylic acids is 1. The maximum atomic E-state index is 13.8. The first-order chi connectivity index (χ1) is 10.1. The minimum atomic E-state index is -0.680. The third kappa shape index (κ3) is 4.41. The van der Waals surface area contributed by atoms with Crippen LogP contribution in [0.15, 0.2) is 12.1 Å². The summed E-state index contributed by atoms with van der Waals surface area (Å²) in [5.74, 6) is -1.54. The van der Waals surface area contributed by atoms with Crippen molar-refractivity contribution in [1.82, 2.24) is 5.32 Å². The summed E-state index contributed by atoms with van der Waals surface area (Å²) in [5.41, 5.74) is 0.120. The van der Waals surface area contributed by atoms with Crippen molar-refractivity contribution in [3.8, 4) is 0 Å². The molecule has 0 spiro atoms.